The minimum atomic E-state index is -0.464. The normalized spacial score (nSPS) is 16.1. The Balaban J connectivity index is 0.000000181. The van der Waals surface area contributed by atoms with Crippen molar-refractivity contribution in [1.82, 2.24) is 0 Å². The van der Waals surface area contributed by atoms with E-state index in [0.29, 0.717) is 32.1 Å². The zero-order valence-electron chi connectivity index (χ0n) is 17.0. The zero-order chi connectivity index (χ0) is 23.4. The number of methoxy groups -OCH3 is 2. The number of rotatable bonds is 2. The van der Waals surface area contributed by atoms with Gasteiger partial charge in [-0.25, -0.2) is 13.6 Å². The Hall–Kier alpha value is -2.46. The molecule has 2 aliphatic rings. The first-order chi connectivity index (χ1) is 15.3. The van der Waals surface area contributed by atoms with Crippen LogP contribution in [0.25, 0.3) is 6.08 Å². The molecular weight excluding hydrogens is 558 g/mol. The Morgan fingerprint density at radius 2 is 1.62 bits per heavy atom. The van der Waals surface area contributed by atoms with Crippen LogP contribution in [0.15, 0.2) is 38.8 Å². The molecule has 0 N–H and O–H groups in total. The van der Waals surface area contributed by atoms with Crippen LogP contribution in [0.3, 0.4) is 0 Å². The van der Waals surface area contributed by atoms with Gasteiger partial charge >= 0.3 is 11.9 Å². The van der Waals surface area contributed by atoms with E-state index in [1.54, 1.807) is 30.3 Å². The summed E-state index contributed by atoms with van der Waals surface area (Å²) < 4.78 is 47.5. The average Bonchev–Trinajstić information content (AvgIpc) is 2.82. The third-order valence-corrected chi connectivity index (χ3v) is 6.02. The predicted molar refractivity (Wildman–Crippen MR) is 118 cm³/mol. The third kappa shape index (κ3) is 5.12. The largest absolute Gasteiger partial charge is 0.489 e. The molecule has 0 amide bonds. The van der Waals surface area contributed by atoms with Crippen LogP contribution >= 0.6 is 31.9 Å². The van der Waals surface area contributed by atoms with Crippen molar-refractivity contribution in [3.05, 3.63) is 61.5 Å². The summed E-state index contributed by atoms with van der Waals surface area (Å²) in [5.41, 5.74) is 1.60. The second-order valence-electron chi connectivity index (χ2n) is 6.81. The van der Waals surface area contributed by atoms with Crippen molar-refractivity contribution >= 4 is 49.9 Å². The van der Waals surface area contributed by atoms with Gasteiger partial charge in [-0.2, -0.15) is 0 Å². The number of carbonyl (C=O) groups is 2. The van der Waals surface area contributed by atoms with Crippen molar-refractivity contribution in [2.45, 2.75) is 6.42 Å². The van der Waals surface area contributed by atoms with Crippen LogP contribution in [0.5, 0.6) is 11.5 Å². The van der Waals surface area contributed by atoms with Crippen LogP contribution in [0, 0.1) is 17.6 Å². The van der Waals surface area contributed by atoms with E-state index in [4.69, 9.17) is 9.47 Å². The molecule has 2 aliphatic heterocycles. The van der Waals surface area contributed by atoms with E-state index < -0.39 is 17.6 Å². The fourth-order valence-electron chi connectivity index (χ4n) is 3.15. The number of hydrogen-bond acceptors (Lipinski definition) is 6. The summed E-state index contributed by atoms with van der Waals surface area (Å²) in [6, 6.07) is 6.59. The average molecular weight is 576 g/mol. The van der Waals surface area contributed by atoms with E-state index in [-0.39, 0.29) is 36.6 Å². The molecule has 0 radical (unpaired) electrons. The molecule has 170 valence electrons. The van der Waals surface area contributed by atoms with Gasteiger partial charge in [0.1, 0.15) is 13.2 Å². The number of fused-ring (bicyclic) bond motifs is 2. The maximum absolute atomic E-state index is 13.6. The molecule has 0 fully saturated rings. The minimum Gasteiger partial charge on any atom is -0.489 e. The van der Waals surface area contributed by atoms with Crippen molar-refractivity contribution in [2.24, 2.45) is 5.92 Å². The SMILES string of the molecule is COC(=O)C1=Cc2ccc(Br)c(F)c2OC1.COC(=O)C1COc2c(ccc(Br)c2F)C1. The van der Waals surface area contributed by atoms with Crippen LogP contribution in [-0.4, -0.2) is 39.4 Å². The molecule has 0 aliphatic carbocycles. The fraction of sp³-hybridized carbons (Fsp3) is 0.273. The summed E-state index contributed by atoms with van der Waals surface area (Å²) >= 11 is 6.15. The molecule has 32 heavy (non-hydrogen) atoms. The number of ether oxygens (including phenoxy) is 4. The molecule has 2 heterocycles. The van der Waals surface area contributed by atoms with E-state index >= 15 is 0 Å². The summed E-state index contributed by atoms with van der Waals surface area (Å²) in [5.74, 6) is -1.63. The van der Waals surface area contributed by atoms with Gasteiger partial charge in [-0.3, -0.25) is 4.79 Å². The highest BCUT2D eigenvalue weighted by Gasteiger charge is 2.29. The van der Waals surface area contributed by atoms with Crippen LogP contribution in [0.1, 0.15) is 11.1 Å². The number of benzene rings is 2. The minimum absolute atomic E-state index is 0.0209. The summed E-state index contributed by atoms with van der Waals surface area (Å²) in [4.78, 5) is 22.6. The summed E-state index contributed by atoms with van der Waals surface area (Å²) in [7, 11) is 2.63. The molecule has 2 aromatic carbocycles. The first-order valence-corrected chi connectivity index (χ1v) is 10.9. The monoisotopic (exact) mass is 574 g/mol. The molecule has 4 rings (SSSR count). The van der Waals surface area contributed by atoms with Gasteiger partial charge in [-0.1, -0.05) is 6.07 Å². The molecule has 0 spiro atoms. The van der Waals surface area contributed by atoms with Crippen molar-refractivity contribution < 1.29 is 37.3 Å². The van der Waals surface area contributed by atoms with Crippen LogP contribution in [0.2, 0.25) is 0 Å². The topological polar surface area (TPSA) is 71.1 Å². The predicted octanol–water partition coefficient (Wildman–Crippen LogP) is 4.85. The lowest BCUT2D eigenvalue weighted by Crippen LogP contribution is -2.29. The smallest absolute Gasteiger partial charge is 0.337 e. The number of carbonyl (C=O) groups excluding carboxylic acids is 2. The van der Waals surface area contributed by atoms with E-state index in [0.717, 1.165) is 0 Å². The summed E-state index contributed by atoms with van der Waals surface area (Å²) in [6.45, 7) is 0.181. The molecule has 6 nitrogen and oxygen atoms in total. The van der Waals surface area contributed by atoms with Gasteiger partial charge in [0.2, 0.25) is 0 Å². The Kier molecular flexibility index (Phi) is 7.89. The highest BCUT2D eigenvalue weighted by Crippen LogP contribution is 2.35. The van der Waals surface area contributed by atoms with Gasteiger partial charge in [-0.05, 0) is 68.1 Å². The van der Waals surface area contributed by atoms with Crippen LogP contribution in [0.4, 0.5) is 8.78 Å². The Morgan fingerprint density at radius 3 is 2.28 bits per heavy atom. The number of halogens is 4. The van der Waals surface area contributed by atoms with Gasteiger partial charge in [0, 0.05) is 5.56 Å². The van der Waals surface area contributed by atoms with Crippen molar-refractivity contribution in [2.75, 3.05) is 27.4 Å². The van der Waals surface area contributed by atoms with Gasteiger partial charge in [0.25, 0.3) is 0 Å². The van der Waals surface area contributed by atoms with Crippen molar-refractivity contribution in [3.8, 4) is 11.5 Å². The lowest BCUT2D eigenvalue weighted by molar-refractivity contribution is -0.146. The first kappa shape index (κ1) is 24.2. The lowest BCUT2D eigenvalue weighted by atomic mass is 9.97. The van der Waals surface area contributed by atoms with E-state index in [1.165, 1.54) is 14.2 Å². The standard InChI is InChI=1S/C11H10BrFO3.C11H8BrFO3/c2*1-15-11(14)7-4-6-2-3-8(12)9(13)10(6)16-5-7/h2-3,7H,4-5H2,1H3;2-4H,5H2,1H3. The van der Waals surface area contributed by atoms with E-state index in [2.05, 4.69) is 41.3 Å². The zero-order valence-corrected chi connectivity index (χ0v) is 20.2. The molecule has 10 heteroatoms. The van der Waals surface area contributed by atoms with E-state index in [9.17, 15) is 18.4 Å². The Labute approximate surface area is 199 Å². The summed E-state index contributed by atoms with van der Waals surface area (Å²) in [6.07, 6.45) is 2.02. The van der Waals surface area contributed by atoms with Crippen molar-refractivity contribution in [3.63, 3.8) is 0 Å². The molecule has 0 bridgehead atoms. The van der Waals surface area contributed by atoms with Crippen LogP contribution < -0.4 is 9.47 Å². The van der Waals surface area contributed by atoms with Gasteiger partial charge in [0.05, 0.1) is 34.7 Å². The highest BCUT2D eigenvalue weighted by molar-refractivity contribution is 9.10. The second kappa shape index (κ2) is 10.4. The maximum Gasteiger partial charge on any atom is 0.337 e. The maximum atomic E-state index is 13.6. The number of esters is 2. The molecule has 1 unspecified atom stereocenters. The molecule has 2 aromatic rings. The fourth-order valence-corrected chi connectivity index (χ4v) is 3.78. The van der Waals surface area contributed by atoms with Crippen LogP contribution in [-0.2, 0) is 25.5 Å². The van der Waals surface area contributed by atoms with Gasteiger partial charge < -0.3 is 18.9 Å². The molecule has 0 aromatic heterocycles. The number of hydrogen-bond donors (Lipinski definition) is 0. The van der Waals surface area contributed by atoms with Crippen molar-refractivity contribution in [1.29, 1.82) is 0 Å². The quantitative estimate of drug-likeness (QED) is 0.477. The molecule has 0 saturated carbocycles. The van der Waals surface area contributed by atoms with E-state index in [1.807, 2.05) is 0 Å². The molecule has 0 saturated heterocycles. The van der Waals surface area contributed by atoms with Gasteiger partial charge in [-0.15, -0.1) is 0 Å². The molecular formula is C22H18Br2F2O6. The lowest BCUT2D eigenvalue weighted by Gasteiger charge is -2.24. The third-order valence-electron chi connectivity index (χ3n) is 4.79. The molecule has 1 atom stereocenters. The second-order valence-corrected chi connectivity index (χ2v) is 8.52. The Morgan fingerprint density at radius 1 is 0.969 bits per heavy atom. The van der Waals surface area contributed by atoms with Gasteiger partial charge in [0.15, 0.2) is 23.1 Å². The summed E-state index contributed by atoms with van der Waals surface area (Å²) in [5, 5.41) is 0. The highest BCUT2D eigenvalue weighted by atomic mass is 79.9. The Bertz CT molecular complexity index is 1090. The first-order valence-electron chi connectivity index (χ1n) is 9.34.